The number of aliphatic hydroxyl groups excluding tert-OH is 1. The molecule has 0 spiro atoms. The van der Waals surface area contributed by atoms with Gasteiger partial charge in [-0.2, -0.15) is 5.10 Å². The zero-order chi connectivity index (χ0) is 11.7. The van der Waals surface area contributed by atoms with Crippen LogP contribution in [0.3, 0.4) is 0 Å². The molecule has 0 saturated carbocycles. The number of nitrogen functional groups attached to an aromatic ring is 1. The molecule has 1 atom stereocenters. The highest BCUT2D eigenvalue weighted by atomic mass is 16.3. The van der Waals surface area contributed by atoms with Gasteiger partial charge in [-0.25, -0.2) is 0 Å². The highest BCUT2D eigenvalue weighted by Gasteiger charge is 2.28. The fourth-order valence-electron chi connectivity index (χ4n) is 2.49. The fraction of sp³-hybridized carbons (Fsp3) is 0.727. The molecule has 1 aromatic heterocycles. The van der Waals surface area contributed by atoms with Crippen LogP contribution in [0.1, 0.15) is 25.5 Å². The summed E-state index contributed by atoms with van der Waals surface area (Å²) in [7, 11) is 1.91. The van der Waals surface area contributed by atoms with Crippen LogP contribution >= 0.6 is 0 Å². The monoisotopic (exact) mass is 224 g/mol. The van der Waals surface area contributed by atoms with Gasteiger partial charge in [0.15, 0.2) is 5.82 Å². The molecule has 1 aromatic rings. The van der Waals surface area contributed by atoms with Crippen molar-refractivity contribution in [2.45, 2.75) is 32.2 Å². The molecule has 5 heteroatoms. The summed E-state index contributed by atoms with van der Waals surface area (Å²) in [6.45, 7) is 3.19. The number of anilines is 2. The van der Waals surface area contributed by atoms with Crippen molar-refractivity contribution in [1.82, 2.24) is 9.78 Å². The Morgan fingerprint density at radius 1 is 1.56 bits per heavy atom. The predicted molar refractivity (Wildman–Crippen MR) is 64.5 cm³/mol. The average molecular weight is 224 g/mol. The molecule has 0 bridgehead atoms. The van der Waals surface area contributed by atoms with Crippen molar-refractivity contribution in [2.24, 2.45) is 7.05 Å². The van der Waals surface area contributed by atoms with E-state index in [2.05, 4.69) is 16.9 Å². The van der Waals surface area contributed by atoms with Gasteiger partial charge in [0.25, 0.3) is 0 Å². The van der Waals surface area contributed by atoms with E-state index in [1.54, 1.807) is 0 Å². The molecule has 1 aliphatic heterocycles. The molecule has 1 unspecified atom stereocenters. The van der Waals surface area contributed by atoms with Gasteiger partial charge in [0, 0.05) is 13.6 Å². The Hall–Kier alpha value is -1.23. The van der Waals surface area contributed by atoms with E-state index in [9.17, 15) is 5.11 Å². The Morgan fingerprint density at radius 2 is 2.31 bits per heavy atom. The van der Waals surface area contributed by atoms with Crippen molar-refractivity contribution in [2.75, 3.05) is 23.8 Å². The SMILES string of the molecule is CCc1nn(C)c(N2CCCC2CO)c1N. The third-order valence-electron chi connectivity index (χ3n) is 3.32. The summed E-state index contributed by atoms with van der Waals surface area (Å²) in [5, 5.41) is 13.7. The first kappa shape index (κ1) is 11.3. The van der Waals surface area contributed by atoms with E-state index in [0.717, 1.165) is 43.0 Å². The molecule has 1 saturated heterocycles. The largest absolute Gasteiger partial charge is 0.394 e. The molecule has 90 valence electrons. The fourth-order valence-corrected chi connectivity index (χ4v) is 2.49. The topological polar surface area (TPSA) is 67.3 Å². The number of aryl methyl sites for hydroxylation is 2. The molecule has 5 nitrogen and oxygen atoms in total. The normalized spacial score (nSPS) is 20.7. The smallest absolute Gasteiger partial charge is 0.150 e. The lowest BCUT2D eigenvalue weighted by molar-refractivity contribution is 0.265. The molecule has 0 aliphatic carbocycles. The zero-order valence-electron chi connectivity index (χ0n) is 9.98. The summed E-state index contributed by atoms with van der Waals surface area (Å²) in [6, 6.07) is 0.197. The second-order valence-electron chi connectivity index (χ2n) is 4.33. The Kier molecular flexibility index (Phi) is 3.05. The first-order chi connectivity index (χ1) is 7.69. The molecule has 16 heavy (non-hydrogen) atoms. The maximum absolute atomic E-state index is 9.33. The predicted octanol–water partition coefficient (Wildman–Crippen LogP) is 0.526. The van der Waals surface area contributed by atoms with E-state index in [4.69, 9.17) is 5.73 Å². The Bertz CT molecular complexity index is 374. The summed E-state index contributed by atoms with van der Waals surface area (Å²) >= 11 is 0. The molecule has 1 fully saturated rings. The summed E-state index contributed by atoms with van der Waals surface area (Å²) < 4.78 is 1.84. The summed E-state index contributed by atoms with van der Waals surface area (Å²) in [5.74, 6) is 0.966. The third kappa shape index (κ3) is 1.65. The van der Waals surface area contributed by atoms with Crippen molar-refractivity contribution in [3.8, 4) is 0 Å². The highest BCUT2D eigenvalue weighted by Crippen LogP contribution is 2.32. The molecule has 3 N–H and O–H groups in total. The van der Waals surface area contributed by atoms with Gasteiger partial charge in [-0.3, -0.25) is 4.68 Å². The molecular weight excluding hydrogens is 204 g/mol. The lowest BCUT2D eigenvalue weighted by Crippen LogP contribution is -2.34. The van der Waals surface area contributed by atoms with E-state index in [-0.39, 0.29) is 12.6 Å². The van der Waals surface area contributed by atoms with Crippen LogP contribution in [0, 0.1) is 0 Å². The number of rotatable bonds is 3. The zero-order valence-corrected chi connectivity index (χ0v) is 9.98. The van der Waals surface area contributed by atoms with Crippen LogP contribution in [0.2, 0.25) is 0 Å². The number of hydrogen-bond acceptors (Lipinski definition) is 4. The molecule has 0 amide bonds. The lowest BCUT2D eigenvalue weighted by Gasteiger charge is -2.25. The highest BCUT2D eigenvalue weighted by molar-refractivity contribution is 5.67. The maximum atomic E-state index is 9.33. The summed E-state index contributed by atoms with van der Waals surface area (Å²) in [4.78, 5) is 2.18. The Morgan fingerprint density at radius 3 is 2.88 bits per heavy atom. The average Bonchev–Trinajstić information content (AvgIpc) is 2.83. The van der Waals surface area contributed by atoms with Crippen LogP contribution in [0.5, 0.6) is 0 Å². The van der Waals surface area contributed by atoms with Crippen molar-refractivity contribution >= 4 is 11.5 Å². The van der Waals surface area contributed by atoms with Gasteiger partial charge in [-0.05, 0) is 19.3 Å². The van der Waals surface area contributed by atoms with Crippen molar-refractivity contribution in [1.29, 1.82) is 0 Å². The molecule has 0 radical (unpaired) electrons. The standard InChI is InChI=1S/C11H20N4O/c1-3-9-10(12)11(14(2)13-9)15-6-4-5-8(15)7-16/h8,16H,3-7,12H2,1-2H3. The summed E-state index contributed by atoms with van der Waals surface area (Å²) in [6.07, 6.45) is 2.98. The van der Waals surface area contributed by atoms with Gasteiger partial charge in [0.2, 0.25) is 0 Å². The van der Waals surface area contributed by atoms with Crippen LogP contribution in [0.15, 0.2) is 0 Å². The minimum Gasteiger partial charge on any atom is -0.394 e. The van der Waals surface area contributed by atoms with Gasteiger partial charge in [0.05, 0.1) is 24.0 Å². The van der Waals surface area contributed by atoms with Crippen LogP contribution in [-0.2, 0) is 13.5 Å². The Balaban J connectivity index is 2.35. The number of nitrogens with two attached hydrogens (primary N) is 1. The van der Waals surface area contributed by atoms with Gasteiger partial charge in [-0.15, -0.1) is 0 Å². The molecule has 2 rings (SSSR count). The molecule has 1 aliphatic rings. The van der Waals surface area contributed by atoms with Crippen LogP contribution in [0.4, 0.5) is 11.5 Å². The van der Waals surface area contributed by atoms with Crippen LogP contribution < -0.4 is 10.6 Å². The molecule has 0 aromatic carbocycles. The quantitative estimate of drug-likeness (QED) is 0.785. The minimum absolute atomic E-state index is 0.187. The van der Waals surface area contributed by atoms with Crippen molar-refractivity contribution in [3.05, 3.63) is 5.69 Å². The van der Waals surface area contributed by atoms with E-state index in [1.807, 2.05) is 11.7 Å². The molecule has 2 heterocycles. The van der Waals surface area contributed by atoms with E-state index in [0.29, 0.717) is 0 Å². The first-order valence-electron chi connectivity index (χ1n) is 5.87. The number of hydrogen-bond donors (Lipinski definition) is 2. The lowest BCUT2D eigenvalue weighted by atomic mass is 10.2. The van der Waals surface area contributed by atoms with Gasteiger partial charge in [0.1, 0.15) is 0 Å². The maximum Gasteiger partial charge on any atom is 0.150 e. The number of nitrogens with zero attached hydrogens (tertiary/aromatic N) is 3. The second-order valence-corrected chi connectivity index (χ2v) is 4.33. The van der Waals surface area contributed by atoms with Gasteiger partial charge < -0.3 is 15.7 Å². The van der Waals surface area contributed by atoms with E-state index >= 15 is 0 Å². The van der Waals surface area contributed by atoms with E-state index in [1.165, 1.54) is 0 Å². The summed E-state index contributed by atoms with van der Waals surface area (Å²) in [5.41, 5.74) is 7.82. The third-order valence-corrected chi connectivity index (χ3v) is 3.32. The van der Waals surface area contributed by atoms with Crippen molar-refractivity contribution < 1.29 is 5.11 Å². The number of aliphatic hydroxyl groups is 1. The van der Waals surface area contributed by atoms with Crippen LogP contribution in [0.25, 0.3) is 0 Å². The number of aromatic nitrogens is 2. The first-order valence-corrected chi connectivity index (χ1v) is 5.87. The molecular formula is C11H20N4O. The van der Waals surface area contributed by atoms with Gasteiger partial charge in [-0.1, -0.05) is 6.92 Å². The van der Waals surface area contributed by atoms with Crippen molar-refractivity contribution in [3.63, 3.8) is 0 Å². The van der Waals surface area contributed by atoms with E-state index < -0.39 is 0 Å². The van der Waals surface area contributed by atoms with Crippen LogP contribution in [-0.4, -0.2) is 34.1 Å². The Labute approximate surface area is 95.8 Å². The van der Waals surface area contributed by atoms with Gasteiger partial charge >= 0.3 is 0 Å². The minimum atomic E-state index is 0.187. The second kappa shape index (κ2) is 4.33.